The van der Waals surface area contributed by atoms with E-state index in [1.54, 1.807) is 0 Å². The lowest BCUT2D eigenvalue weighted by Gasteiger charge is -2.05. The van der Waals surface area contributed by atoms with Gasteiger partial charge in [0.2, 0.25) is 0 Å². The Balaban J connectivity index is 0. The van der Waals surface area contributed by atoms with Crippen molar-refractivity contribution >= 4 is 23.1 Å². The molecule has 0 aromatic heterocycles. The molecule has 1 nitrogen and oxygen atoms in total. The van der Waals surface area contributed by atoms with Gasteiger partial charge in [0.25, 0.3) is 0 Å². The lowest BCUT2D eigenvalue weighted by Crippen LogP contribution is -2.05. The molecular formula is C9H21AlO. The molecule has 0 heterocycles. The molecule has 0 saturated heterocycles. The fraction of sp³-hybridized carbons (Fsp3) is 0.889. The molecule has 11 heavy (non-hydrogen) atoms. The number of hydrogen-bond acceptors (Lipinski definition) is 1. The van der Waals surface area contributed by atoms with Crippen LogP contribution in [0.4, 0.5) is 0 Å². The molecule has 0 aliphatic rings. The summed E-state index contributed by atoms with van der Waals surface area (Å²) in [6.07, 6.45) is 1.50. The van der Waals surface area contributed by atoms with E-state index in [1.807, 2.05) is 0 Å². The van der Waals surface area contributed by atoms with Crippen LogP contribution >= 0.6 is 0 Å². The maximum Gasteiger partial charge on any atom is 0.187 e. The molecule has 0 aliphatic heterocycles. The molecule has 2 heteroatoms. The fourth-order valence-electron chi connectivity index (χ4n) is 0.994. The van der Waals surface area contributed by atoms with Gasteiger partial charge in [0.15, 0.2) is 17.4 Å². The number of hydrogen-bond donors (Lipinski definition) is 0. The second kappa shape index (κ2) is 6.88. The van der Waals surface area contributed by atoms with Gasteiger partial charge in [-0.2, -0.15) is 0 Å². The SMILES string of the molecule is CC(C)CC(=O)CC(C)C.[AlH3]. The van der Waals surface area contributed by atoms with Crippen molar-refractivity contribution in [2.45, 2.75) is 40.5 Å². The number of rotatable bonds is 4. The van der Waals surface area contributed by atoms with Crippen molar-refractivity contribution in [3.63, 3.8) is 0 Å². The minimum Gasteiger partial charge on any atom is -0.300 e. The van der Waals surface area contributed by atoms with Crippen LogP contribution in [0.5, 0.6) is 0 Å². The summed E-state index contributed by atoms with van der Waals surface area (Å²) in [6, 6.07) is 0. The van der Waals surface area contributed by atoms with E-state index in [4.69, 9.17) is 0 Å². The van der Waals surface area contributed by atoms with Crippen LogP contribution in [0.3, 0.4) is 0 Å². The zero-order chi connectivity index (χ0) is 8.15. The van der Waals surface area contributed by atoms with E-state index in [0.717, 1.165) is 12.8 Å². The summed E-state index contributed by atoms with van der Waals surface area (Å²) in [5.74, 6) is 1.45. The number of ketones is 1. The molecule has 0 aromatic carbocycles. The van der Waals surface area contributed by atoms with E-state index in [9.17, 15) is 4.79 Å². The quantitative estimate of drug-likeness (QED) is 0.587. The van der Waals surface area contributed by atoms with Gasteiger partial charge < -0.3 is 0 Å². The van der Waals surface area contributed by atoms with Crippen molar-refractivity contribution in [3.8, 4) is 0 Å². The van der Waals surface area contributed by atoms with E-state index in [1.165, 1.54) is 0 Å². The summed E-state index contributed by atoms with van der Waals surface area (Å²) in [5, 5.41) is 0. The highest BCUT2D eigenvalue weighted by Crippen LogP contribution is 2.07. The average molecular weight is 172 g/mol. The minimum absolute atomic E-state index is 0. The van der Waals surface area contributed by atoms with Crippen molar-refractivity contribution in [2.75, 3.05) is 0 Å². The van der Waals surface area contributed by atoms with E-state index >= 15 is 0 Å². The Kier molecular flexibility index (Phi) is 8.62. The normalized spacial score (nSPS) is 10.0. The van der Waals surface area contributed by atoms with Crippen molar-refractivity contribution in [3.05, 3.63) is 0 Å². The highest BCUT2D eigenvalue weighted by molar-refractivity contribution is 5.78. The first-order valence-electron chi connectivity index (χ1n) is 4.04. The van der Waals surface area contributed by atoms with Crippen molar-refractivity contribution in [1.82, 2.24) is 0 Å². The molecule has 0 aromatic rings. The molecule has 0 rings (SSSR count). The van der Waals surface area contributed by atoms with Gasteiger partial charge in [-0.25, -0.2) is 0 Å². The smallest absolute Gasteiger partial charge is 0.187 e. The zero-order valence-corrected chi connectivity index (χ0v) is 7.48. The van der Waals surface area contributed by atoms with Gasteiger partial charge in [-0.15, -0.1) is 0 Å². The van der Waals surface area contributed by atoms with Gasteiger partial charge in [-0.05, 0) is 11.8 Å². The summed E-state index contributed by atoms with van der Waals surface area (Å²) in [5.41, 5.74) is 0. The summed E-state index contributed by atoms with van der Waals surface area (Å²) in [7, 11) is 0. The van der Waals surface area contributed by atoms with E-state index in [-0.39, 0.29) is 17.4 Å². The highest BCUT2D eigenvalue weighted by Gasteiger charge is 2.06. The van der Waals surface area contributed by atoms with Gasteiger partial charge in [0.05, 0.1) is 0 Å². The molecular weight excluding hydrogens is 151 g/mol. The van der Waals surface area contributed by atoms with Crippen LogP contribution in [0.15, 0.2) is 0 Å². The van der Waals surface area contributed by atoms with Crippen LogP contribution in [-0.2, 0) is 4.79 Å². The molecule has 0 saturated carbocycles. The lowest BCUT2D eigenvalue weighted by atomic mass is 10.00. The summed E-state index contributed by atoms with van der Waals surface area (Å²) >= 11 is 0. The number of carbonyl (C=O) groups is 1. The summed E-state index contributed by atoms with van der Waals surface area (Å²) in [4.78, 5) is 11.1. The minimum atomic E-state index is 0. The summed E-state index contributed by atoms with van der Waals surface area (Å²) in [6.45, 7) is 8.33. The molecule has 0 unspecified atom stereocenters. The molecule has 66 valence electrons. The number of carbonyl (C=O) groups excluding carboxylic acids is 1. The summed E-state index contributed by atoms with van der Waals surface area (Å²) < 4.78 is 0. The predicted molar refractivity (Wildman–Crippen MR) is 53.9 cm³/mol. The fourth-order valence-corrected chi connectivity index (χ4v) is 0.994. The van der Waals surface area contributed by atoms with Crippen LogP contribution in [0.1, 0.15) is 40.5 Å². The Bertz CT molecular complexity index is 96.1. The van der Waals surface area contributed by atoms with Crippen molar-refractivity contribution in [1.29, 1.82) is 0 Å². The Morgan fingerprint density at radius 1 is 1.00 bits per heavy atom. The van der Waals surface area contributed by atoms with Gasteiger partial charge in [0, 0.05) is 12.8 Å². The first-order chi connectivity index (χ1) is 4.52. The Labute approximate surface area is 80.7 Å². The Morgan fingerprint density at radius 3 is 1.45 bits per heavy atom. The molecule has 0 radical (unpaired) electrons. The zero-order valence-electron chi connectivity index (χ0n) is 7.48. The van der Waals surface area contributed by atoms with Crippen molar-refractivity contribution < 1.29 is 4.79 Å². The predicted octanol–water partition coefficient (Wildman–Crippen LogP) is 1.46. The molecule has 0 aliphatic carbocycles. The van der Waals surface area contributed by atoms with Crippen molar-refractivity contribution in [2.24, 2.45) is 11.8 Å². The van der Waals surface area contributed by atoms with Gasteiger partial charge in [-0.3, -0.25) is 4.79 Å². The monoisotopic (exact) mass is 172 g/mol. The standard InChI is InChI=1S/C9H18O.Al.3H/c1-7(2)5-9(10)6-8(3)4;;;;/h7-8H,5-6H2,1-4H3;;;;. The average Bonchev–Trinajstić information content (AvgIpc) is 1.58. The molecule has 0 N–H and O–H groups in total. The third-order valence-electron chi connectivity index (χ3n) is 1.27. The molecule has 0 fully saturated rings. The van der Waals surface area contributed by atoms with Crippen LogP contribution in [-0.4, -0.2) is 23.1 Å². The van der Waals surface area contributed by atoms with Gasteiger partial charge in [0.1, 0.15) is 5.78 Å². The van der Waals surface area contributed by atoms with Crippen LogP contribution in [0.2, 0.25) is 0 Å². The molecule has 0 spiro atoms. The maximum atomic E-state index is 11.1. The van der Waals surface area contributed by atoms with E-state index in [2.05, 4.69) is 27.7 Å². The van der Waals surface area contributed by atoms with Gasteiger partial charge in [-0.1, -0.05) is 27.7 Å². The second-order valence-electron chi connectivity index (χ2n) is 3.73. The van der Waals surface area contributed by atoms with Gasteiger partial charge >= 0.3 is 0 Å². The van der Waals surface area contributed by atoms with E-state index in [0.29, 0.717) is 17.6 Å². The first kappa shape index (κ1) is 13.8. The third kappa shape index (κ3) is 10.2. The molecule has 0 amide bonds. The maximum absolute atomic E-state index is 11.1. The van der Waals surface area contributed by atoms with Crippen LogP contribution < -0.4 is 0 Å². The highest BCUT2D eigenvalue weighted by atomic mass is 27.0. The molecule has 0 bridgehead atoms. The van der Waals surface area contributed by atoms with E-state index < -0.39 is 0 Å². The Morgan fingerprint density at radius 2 is 1.27 bits per heavy atom. The second-order valence-corrected chi connectivity index (χ2v) is 3.73. The third-order valence-corrected chi connectivity index (χ3v) is 1.27. The molecule has 0 atom stereocenters. The topological polar surface area (TPSA) is 17.1 Å². The first-order valence-corrected chi connectivity index (χ1v) is 4.04. The van der Waals surface area contributed by atoms with Crippen LogP contribution in [0.25, 0.3) is 0 Å². The Hall–Kier alpha value is 0.202. The largest absolute Gasteiger partial charge is 0.300 e. The lowest BCUT2D eigenvalue weighted by molar-refractivity contribution is -0.120. The van der Waals surface area contributed by atoms with Crippen LogP contribution in [0, 0.1) is 11.8 Å². The number of Topliss-reactive ketones (excluding diaryl/α,β-unsaturated/α-hetero) is 1.